The van der Waals surface area contributed by atoms with Gasteiger partial charge in [0.15, 0.2) is 0 Å². The summed E-state index contributed by atoms with van der Waals surface area (Å²) in [5, 5.41) is 1.09. The fourth-order valence-electron chi connectivity index (χ4n) is 2.69. The highest BCUT2D eigenvalue weighted by atomic mass is 79.9. The van der Waals surface area contributed by atoms with E-state index in [4.69, 9.17) is 11.6 Å². The molecule has 2 aromatic heterocycles. The van der Waals surface area contributed by atoms with Crippen LogP contribution in [-0.4, -0.2) is 14.5 Å². The van der Waals surface area contributed by atoms with E-state index < -0.39 is 0 Å². The van der Waals surface area contributed by atoms with Crippen LogP contribution in [0, 0.1) is 13.8 Å². The zero-order valence-corrected chi connectivity index (χ0v) is 15.2. The van der Waals surface area contributed by atoms with Crippen molar-refractivity contribution < 1.29 is 0 Å². The number of aromatic nitrogens is 3. The maximum Gasteiger partial charge on any atom is 0.125 e. The van der Waals surface area contributed by atoms with Crippen molar-refractivity contribution in [3.8, 4) is 0 Å². The molecule has 6 heteroatoms. The maximum absolute atomic E-state index is 6.11. The summed E-state index contributed by atoms with van der Waals surface area (Å²) in [4.78, 5) is 10.4. The van der Waals surface area contributed by atoms with Gasteiger partial charge in [0.2, 0.25) is 0 Å². The van der Waals surface area contributed by atoms with E-state index in [0.29, 0.717) is 5.88 Å². The number of halogens is 2. The molecule has 3 rings (SSSR count). The zero-order valence-electron chi connectivity index (χ0n) is 12.0. The summed E-state index contributed by atoms with van der Waals surface area (Å²) in [6.07, 6.45) is 0. The second kappa shape index (κ2) is 5.71. The molecule has 1 atom stereocenters. The van der Waals surface area contributed by atoms with E-state index in [2.05, 4.69) is 50.4 Å². The molecule has 110 valence electrons. The maximum atomic E-state index is 6.11. The SMILES string of the molecule is Cc1nc(C)c(C(C)n2c(CCl)nc3ccc(Br)cc32)s1. The molecule has 1 unspecified atom stereocenters. The van der Waals surface area contributed by atoms with E-state index >= 15 is 0 Å². The Morgan fingerprint density at radius 1 is 1.33 bits per heavy atom. The third-order valence-corrected chi connectivity index (χ3v) is 5.53. The van der Waals surface area contributed by atoms with Crippen molar-refractivity contribution in [3.05, 3.63) is 44.1 Å². The molecule has 0 amide bonds. The first kappa shape index (κ1) is 15.0. The largest absolute Gasteiger partial charge is 0.319 e. The second-order valence-corrected chi connectivity index (χ2v) is 7.44. The van der Waals surface area contributed by atoms with Crippen molar-refractivity contribution in [1.82, 2.24) is 14.5 Å². The molecule has 2 heterocycles. The van der Waals surface area contributed by atoms with Crippen LogP contribution in [0.25, 0.3) is 11.0 Å². The van der Waals surface area contributed by atoms with Crippen LogP contribution < -0.4 is 0 Å². The third kappa shape index (κ3) is 2.62. The average molecular weight is 385 g/mol. The summed E-state index contributed by atoms with van der Waals surface area (Å²) >= 11 is 11.4. The number of hydrogen-bond donors (Lipinski definition) is 0. The van der Waals surface area contributed by atoms with Gasteiger partial charge in [0.05, 0.1) is 38.5 Å². The highest BCUT2D eigenvalue weighted by Crippen LogP contribution is 2.32. The normalized spacial score (nSPS) is 13.0. The van der Waals surface area contributed by atoms with Crippen molar-refractivity contribution in [2.75, 3.05) is 0 Å². The number of aryl methyl sites for hydroxylation is 2. The van der Waals surface area contributed by atoms with E-state index in [0.717, 1.165) is 32.0 Å². The predicted octanol–water partition coefficient (Wildman–Crippen LogP) is 5.22. The van der Waals surface area contributed by atoms with Crippen molar-refractivity contribution in [1.29, 1.82) is 0 Å². The monoisotopic (exact) mass is 383 g/mol. The Labute approximate surface area is 141 Å². The van der Waals surface area contributed by atoms with Gasteiger partial charge in [-0.05, 0) is 39.0 Å². The molecule has 0 aliphatic carbocycles. The van der Waals surface area contributed by atoms with Crippen LogP contribution in [0.3, 0.4) is 0 Å². The molecule has 1 aromatic carbocycles. The van der Waals surface area contributed by atoms with E-state index in [1.165, 1.54) is 4.88 Å². The van der Waals surface area contributed by atoms with Gasteiger partial charge in [-0.25, -0.2) is 9.97 Å². The van der Waals surface area contributed by atoms with Gasteiger partial charge in [0.1, 0.15) is 5.82 Å². The summed E-state index contributed by atoms with van der Waals surface area (Å²) in [7, 11) is 0. The lowest BCUT2D eigenvalue weighted by Crippen LogP contribution is -2.09. The summed E-state index contributed by atoms with van der Waals surface area (Å²) in [6.45, 7) is 6.28. The number of fused-ring (bicyclic) bond motifs is 1. The summed E-state index contributed by atoms with van der Waals surface area (Å²) in [5.74, 6) is 1.29. The quantitative estimate of drug-likeness (QED) is 0.580. The third-order valence-electron chi connectivity index (χ3n) is 3.55. The molecule has 3 aromatic rings. The molecular weight excluding hydrogens is 370 g/mol. The minimum atomic E-state index is 0.171. The standard InChI is InChI=1S/C15H15BrClN3S/c1-8-15(21-10(3)18-8)9(2)20-13-6-11(16)4-5-12(13)19-14(20)7-17/h4-6,9H,7H2,1-3H3. The lowest BCUT2D eigenvalue weighted by molar-refractivity contribution is 0.639. The van der Waals surface area contributed by atoms with Gasteiger partial charge in [-0.1, -0.05) is 15.9 Å². The summed E-state index contributed by atoms with van der Waals surface area (Å²) in [5.41, 5.74) is 3.15. The Hall–Kier alpha value is -0.910. The van der Waals surface area contributed by atoms with Gasteiger partial charge in [-0.3, -0.25) is 0 Å². The van der Waals surface area contributed by atoms with E-state index in [9.17, 15) is 0 Å². The Bertz CT molecular complexity index is 809. The van der Waals surface area contributed by atoms with Crippen LogP contribution in [0.2, 0.25) is 0 Å². The molecule has 0 bridgehead atoms. The lowest BCUT2D eigenvalue weighted by atomic mass is 10.2. The lowest BCUT2D eigenvalue weighted by Gasteiger charge is -2.16. The van der Waals surface area contributed by atoms with Crippen LogP contribution in [0.15, 0.2) is 22.7 Å². The van der Waals surface area contributed by atoms with Crippen molar-refractivity contribution in [3.63, 3.8) is 0 Å². The number of imidazole rings is 1. The Kier molecular flexibility index (Phi) is 4.08. The second-order valence-electron chi connectivity index (χ2n) is 5.02. The first-order valence-electron chi connectivity index (χ1n) is 6.67. The molecular formula is C15H15BrClN3S. The Balaban J connectivity index is 2.22. The van der Waals surface area contributed by atoms with Gasteiger partial charge >= 0.3 is 0 Å². The average Bonchev–Trinajstić information content (AvgIpc) is 2.97. The number of thiazole rings is 1. The highest BCUT2D eigenvalue weighted by Gasteiger charge is 2.20. The number of nitrogens with zero attached hydrogens (tertiary/aromatic N) is 3. The topological polar surface area (TPSA) is 30.7 Å². The number of hydrogen-bond acceptors (Lipinski definition) is 3. The summed E-state index contributed by atoms with van der Waals surface area (Å²) in [6, 6.07) is 6.29. The van der Waals surface area contributed by atoms with Gasteiger partial charge in [0, 0.05) is 4.47 Å². The first-order chi connectivity index (χ1) is 10.0. The van der Waals surface area contributed by atoms with Gasteiger partial charge in [-0.2, -0.15) is 0 Å². The molecule has 21 heavy (non-hydrogen) atoms. The van der Waals surface area contributed by atoms with E-state index in [1.807, 2.05) is 19.1 Å². The first-order valence-corrected chi connectivity index (χ1v) is 8.82. The van der Waals surface area contributed by atoms with Crippen molar-refractivity contribution in [2.24, 2.45) is 0 Å². The van der Waals surface area contributed by atoms with Crippen LogP contribution in [0.1, 0.15) is 34.4 Å². The minimum absolute atomic E-state index is 0.171. The molecule has 0 radical (unpaired) electrons. The van der Waals surface area contributed by atoms with E-state index in [-0.39, 0.29) is 6.04 Å². The molecule has 3 nitrogen and oxygen atoms in total. The number of alkyl halides is 1. The molecule has 0 N–H and O–H groups in total. The molecule has 0 saturated heterocycles. The highest BCUT2D eigenvalue weighted by molar-refractivity contribution is 9.10. The fourth-order valence-corrected chi connectivity index (χ4v) is 4.20. The van der Waals surface area contributed by atoms with Gasteiger partial charge in [-0.15, -0.1) is 22.9 Å². The molecule has 0 aliphatic heterocycles. The Morgan fingerprint density at radius 2 is 2.10 bits per heavy atom. The van der Waals surface area contributed by atoms with Crippen LogP contribution >= 0.6 is 38.9 Å². The zero-order chi connectivity index (χ0) is 15.1. The van der Waals surface area contributed by atoms with Crippen molar-refractivity contribution >= 4 is 49.9 Å². The predicted molar refractivity (Wildman–Crippen MR) is 92.4 cm³/mol. The molecule has 0 aliphatic rings. The van der Waals surface area contributed by atoms with Crippen molar-refractivity contribution in [2.45, 2.75) is 32.7 Å². The van der Waals surface area contributed by atoms with E-state index in [1.54, 1.807) is 11.3 Å². The van der Waals surface area contributed by atoms with Gasteiger partial charge in [0.25, 0.3) is 0 Å². The number of benzene rings is 1. The van der Waals surface area contributed by atoms with Gasteiger partial charge < -0.3 is 4.57 Å². The molecule has 0 spiro atoms. The molecule has 0 fully saturated rings. The molecule has 0 saturated carbocycles. The van der Waals surface area contributed by atoms with Crippen LogP contribution in [0.4, 0.5) is 0 Å². The fraction of sp³-hybridized carbons (Fsp3) is 0.333. The Morgan fingerprint density at radius 3 is 2.71 bits per heavy atom. The van der Waals surface area contributed by atoms with Crippen LogP contribution in [0.5, 0.6) is 0 Å². The summed E-state index contributed by atoms with van der Waals surface area (Å²) < 4.78 is 3.26. The number of rotatable bonds is 3. The minimum Gasteiger partial charge on any atom is -0.319 e. The van der Waals surface area contributed by atoms with Crippen LogP contribution in [-0.2, 0) is 5.88 Å². The smallest absolute Gasteiger partial charge is 0.125 e.